The number of nitrogens with zero attached hydrogens (tertiary/aromatic N) is 4. The number of aromatic nitrogens is 4. The molecule has 0 aliphatic carbocycles. The third-order valence-corrected chi connectivity index (χ3v) is 9.43. The highest BCUT2D eigenvalue weighted by Crippen LogP contribution is 2.32. The summed E-state index contributed by atoms with van der Waals surface area (Å²) >= 11 is 0. The van der Waals surface area contributed by atoms with Gasteiger partial charge in [-0.25, -0.2) is 15.0 Å². The summed E-state index contributed by atoms with van der Waals surface area (Å²) in [5, 5.41) is 8.17. The highest BCUT2D eigenvalue weighted by molar-refractivity contribution is 5.94. The molecule has 242 valence electrons. The molecule has 5 aromatic carbocycles. The molecule has 5 nitrogen and oxygen atoms in total. The predicted molar refractivity (Wildman–Crippen MR) is 205 cm³/mol. The van der Waals surface area contributed by atoms with Crippen molar-refractivity contribution in [2.75, 3.05) is 0 Å². The molecule has 0 saturated carbocycles. The molecule has 3 heterocycles. The molecule has 1 N–H and O–H groups in total. The van der Waals surface area contributed by atoms with Crippen LogP contribution in [0.5, 0.6) is 0 Å². The van der Waals surface area contributed by atoms with Gasteiger partial charge in [-0.2, -0.15) is 0 Å². The van der Waals surface area contributed by atoms with Crippen molar-refractivity contribution >= 4 is 28.5 Å². The number of benzene rings is 5. The lowest BCUT2D eigenvalue weighted by Crippen LogP contribution is -2.27. The van der Waals surface area contributed by atoms with Gasteiger partial charge in [0.25, 0.3) is 0 Å². The van der Waals surface area contributed by atoms with Crippen LogP contribution in [0, 0.1) is 0 Å². The number of hydrogen-bond donors (Lipinski definition) is 1. The van der Waals surface area contributed by atoms with Gasteiger partial charge in [-0.1, -0.05) is 141 Å². The highest BCUT2D eigenvalue weighted by atomic mass is 15.0. The quantitative estimate of drug-likeness (QED) is 0.187. The number of fused-ring (bicyclic) bond motifs is 2. The van der Waals surface area contributed by atoms with Crippen LogP contribution in [0.3, 0.4) is 0 Å². The maximum atomic E-state index is 5.17. The van der Waals surface area contributed by atoms with Crippen molar-refractivity contribution in [3.05, 3.63) is 173 Å². The average molecular weight is 648 g/mol. The van der Waals surface area contributed by atoms with Crippen molar-refractivity contribution in [2.45, 2.75) is 32.7 Å². The van der Waals surface area contributed by atoms with Crippen molar-refractivity contribution in [1.82, 2.24) is 25.3 Å². The minimum Gasteiger partial charge on any atom is -0.380 e. The first-order chi connectivity index (χ1) is 24.7. The Labute approximate surface area is 292 Å². The fraction of sp³-hybridized carbons (Fsp3) is 0.111. The summed E-state index contributed by atoms with van der Waals surface area (Å²) in [7, 11) is 0. The van der Waals surface area contributed by atoms with Crippen LogP contribution in [0.25, 0.3) is 62.5 Å². The third kappa shape index (κ3) is 5.99. The van der Waals surface area contributed by atoms with Gasteiger partial charge in [-0.05, 0) is 64.2 Å². The molecule has 1 aliphatic rings. The highest BCUT2D eigenvalue weighted by Gasteiger charge is 2.19. The fourth-order valence-corrected chi connectivity index (χ4v) is 6.89. The summed E-state index contributed by atoms with van der Waals surface area (Å²) in [5.74, 6) is 2.00. The van der Waals surface area contributed by atoms with Crippen LogP contribution in [0.2, 0.25) is 0 Å². The summed E-state index contributed by atoms with van der Waals surface area (Å²) in [6.45, 7) is 4.28. The Morgan fingerprint density at radius 3 is 2.16 bits per heavy atom. The molecule has 1 atom stereocenters. The van der Waals surface area contributed by atoms with Gasteiger partial charge >= 0.3 is 0 Å². The van der Waals surface area contributed by atoms with Crippen molar-refractivity contribution in [1.29, 1.82) is 0 Å². The zero-order chi connectivity index (χ0) is 33.9. The Bertz CT molecular complexity index is 2480. The molecule has 2 aromatic heterocycles. The van der Waals surface area contributed by atoms with Crippen LogP contribution in [0.4, 0.5) is 0 Å². The molecule has 8 rings (SSSR count). The minimum absolute atomic E-state index is 0.0794. The third-order valence-electron chi connectivity index (χ3n) is 9.43. The Morgan fingerprint density at radius 2 is 1.38 bits per heavy atom. The van der Waals surface area contributed by atoms with Crippen LogP contribution in [0.15, 0.2) is 140 Å². The first-order valence-electron chi connectivity index (χ1n) is 17.3. The van der Waals surface area contributed by atoms with Crippen LogP contribution in [0.1, 0.15) is 55.2 Å². The average Bonchev–Trinajstić information content (AvgIpc) is 3.19. The van der Waals surface area contributed by atoms with Crippen LogP contribution in [-0.2, 0) is 0 Å². The predicted octanol–water partition coefficient (Wildman–Crippen LogP) is 8.88. The zero-order valence-corrected chi connectivity index (χ0v) is 28.2. The first kappa shape index (κ1) is 31.1. The molecule has 0 saturated heterocycles. The second-order valence-corrected chi connectivity index (χ2v) is 12.6. The lowest BCUT2D eigenvalue weighted by Gasteiger charge is -2.24. The smallest absolute Gasteiger partial charge is 0.164 e. The summed E-state index contributed by atoms with van der Waals surface area (Å²) in [6.07, 6.45) is 9.99. The lowest BCUT2D eigenvalue weighted by atomic mass is 9.92. The van der Waals surface area contributed by atoms with E-state index in [1.807, 2.05) is 18.5 Å². The maximum absolute atomic E-state index is 5.17. The van der Waals surface area contributed by atoms with Gasteiger partial charge in [0.05, 0.1) is 11.7 Å². The van der Waals surface area contributed by atoms with Crippen molar-refractivity contribution in [3.63, 3.8) is 0 Å². The van der Waals surface area contributed by atoms with Crippen molar-refractivity contribution in [3.8, 4) is 34.0 Å². The molecule has 0 spiro atoms. The second-order valence-electron chi connectivity index (χ2n) is 12.6. The van der Waals surface area contributed by atoms with E-state index >= 15 is 0 Å². The van der Waals surface area contributed by atoms with Gasteiger partial charge in [0.1, 0.15) is 0 Å². The number of rotatable bonds is 7. The summed E-state index contributed by atoms with van der Waals surface area (Å²) < 4.78 is 0. The zero-order valence-electron chi connectivity index (χ0n) is 28.2. The standard InChI is InChI=1S/C45H37N5/c1-3-11-40(37-15-8-5-12-30(37)4-2)45-49-43(35-22-18-33(19-23-35)41-38-16-9-6-13-31(38)26-28-46-41)48-44(50-45)36-24-20-34(21-25-36)42-39-17-10-7-14-32(39)27-29-47-42/h4-10,12-29,41,46H,3,11H2,1-2H3/b30-4-,40-37+. The molecular formula is C45H37N5. The number of nitrogens with one attached hydrogen (secondary N) is 1. The topological polar surface area (TPSA) is 63.6 Å². The van der Waals surface area contributed by atoms with Gasteiger partial charge in [-0.15, -0.1) is 0 Å². The van der Waals surface area contributed by atoms with E-state index in [4.69, 9.17) is 19.9 Å². The SMILES string of the molecule is C/C=c1/cccc/c1=C(/CCC)c1nc(-c2ccc(-c3nccc4ccccc34)cc2)nc(-c2ccc(C3NC=Cc4ccccc43)cc2)n1. The summed E-state index contributed by atoms with van der Waals surface area (Å²) in [5.41, 5.74) is 8.69. The molecule has 1 unspecified atom stereocenters. The minimum atomic E-state index is 0.0794. The van der Waals surface area contributed by atoms with Gasteiger partial charge in [0.2, 0.25) is 0 Å². The van der Waals surface area contributed by atoms with Crippen molar-refractivity contribution in [2.24, 2.45) is 0 Å². The second kappa shape index (κ2) is 13.7. The van der Waals surface area contributed by atoms with Crippen LogP contribution in [-0.4, -0.2) is 19.9 Å². The Morgan fingerprint density at radius 1 is 0.700 bits per heavy atom. The molecule has 0 radical (unpaired) electrons. The first-order valence-corrected chi connectivity index (χ1v) is 17.3. The van der Waals surface area contributed by atoms with E-state index in [1.165, 1.54) is 27.3 Å². The fourth-order valence-electron chi connectivity index (χ4n) is 6.89. The van der Waals surface area contributed by atoms with Gasteiger partial charge in [0.15, 0.2) is 17.5 Å². The van der Waals surface area contributed by atoms with E-state index in [2.05, 4.69) is 153 Å². The van der Waals surface area contributed by atoms with Gasteiger partial charge in [0, 0.05) is 33.8 Å². The molecule has 1 aliphatic heterocycles. The van der Waals surface area contributed by atoms with E-state index in [1.54, 1.807) is 0 Å². The van der Waals surface area contributed by atoms with Gasteiger partial charge in [-0.3, -0.25) is 4.98 Å². The molecule has 5 heteroatoms. The van der Waals surface area contributed by atoms with Crippen LogP contribution < -0.4 is 15.8 Å². The van der Waals surface area contributed by atoms with E-state index in [9.17, 15) is 0 Å². The summed E-state index contributed by atoms with van der Waals surface area (Å²) in [6, 6.07) is 44.5. The Balaban J connectivity index is 1.24. The number of hydrogen-bond acceptors (Lipinski definition) is 5. The van der Waals surface area contributed by atoms with Crippen LogP contribution >= 0.6 is 0 Å². The van der Waals surface area contributed by atoms with E-state index in [0.29, 0.717) is 17.5 Å². The normalized spacial score (nSPS) is 14.7. The van der Waals surface area contributed by atoms with E-state index in [-0.39, 0.29) is 6.04 Å². The molecule has 50 heavy (non-hydrogen) atoms. The molecule has 0 amide bonds. The molecular weight excluding hydrogens is 611 g/mol. The van der Waals surface area contributed by atoms with E-state index < -0.39 is 0 Å². The molecule has 0 fully saturated rings. The largest absolute Gasteiger partial charge is 0.380 e. The molecule has 7 aromatic rings. The Hall–Kier alpha value is -6.20. The molecule has 0 bridgehead atoms. The lowest BCUT2D eigenvalue weighted by molar-refractivity contribution is 0.721. The maximum Gasteiger partial charge on any atom is 0.164 e. The number of pyridine rings is 1. The van der Waals surface area contributed by atoms with Gasteiger partial charge < -0.3 is 5.32 Å². The summed E-state index contributed by atoms with van der Waals surface area (Å²) in [4.78, 5) is 20.2. The van der Waals surface area contributed by atoms with Crippen molar-refractivity contribution < 1.29 is 0 Å². The Kier molecular flexibility index (Phi) is 8.54. The monoisotopic (exact) mass is 647 g/mol. The van der Waals surface area contributed by atoms with E-state index in [0.717, 1.165) is 51.4 Å².